The van der Waals surface area contributed by atoms with E-state index in [4.69, 9.17) is 4.98 Å². The van der Waals surface area contributed by atoms with E-state index >= 15 is 0 Å². The van der Waals surface area contributed by atoms with E-state index in [1.165, 1.54) is 23.4 Å². The Morgan fingerprint density at radius 1 is 1.45 bits per heavy atom. The number of pyridine rings is 1. The summed E-state index contributed by atoms with van der Waals surface area (Å²) in [7, 11) is 4.13. The van der Waals surface area contributed by atoms with Crippen molar-refractivity contribution in [1.82, 2.24) is 15.3 Å². The average molecular weight is 288 g/mol. The van der Waals surface area contributed by atoms with Crippen molar-refractivity contribution in [2.75, 3.05) is 19.0 Å². The minimum atomic E-state index is 0.480. The molecule has 3 rings (SSSR count). The molecule has 0 aliphatic heterocycles. The van der Waals surface area contributed by atoms with Gasteiger partial charge in [0.15, 0.2) is 5.13 Å². The minimum absolute atomic E-state index is 0.480. The van der Waals surface area contributed by atoms with Crippen molar-refractivity contribution in [2.45, 2.75) is 31.8 Å². The average Bonchev–Trinajstić information content (AvgIpc) is 2.92. The maximum Gasteiger partial charge on any atom is 0.185 e. The number of anilines is 1. The number of fused-ring (bicyclic) bond motifs is 1. The third kappa shape index (κ3) is 2.69. The normalized spacial score (nSPS) is 17.8. The van der Waals surface area contributed by atoms with Crippen LogP contribution in [0.1, 0.15) is 35.1 Å². The zero-order valence-corrected chi connectivity index (χ0v) is 12.8. The van der Waals surface area contributed by atoms with Crippen LogP contribution in [-0.2, 0) is 13.0 Å². The van der Waals surface area contributed by atoms with E-state index in [-0.39, 0.29) is 0 Å². The molecule has 0 bridgehead atoms. The smallest absolute Gasteiger partial charge is 0.185 e. The number of nitrogens with one attached hydrogen (secondary N) is 1. The molecule has 4 nitrogen and oxygen atoms in total. The Kier molecular flexibility index (Phi) is 3.98. The monoisotopic (exact) mass is 288 g/mol. The number of rotatable bonds is 4. The summed E-state index contributed by atoms with van der Waals surface area (Å²) in [5.74, 6) is 0. The Morgan fingerprint density at radius 2 is 2.35 bits per heavy atom. The van der Waals surface area contributed by atoms with E-state index in [0.29, 0.717) is 6.04 Å². The maximum atomic E-state index is 4.82. The molecule has 5 heteroatoms. The first-order chi connectivity index (χ1) is 9.78. The van der Waals surface area contributed by atoms with Crippen LogP contribution >= 0.6 is 11.3 Å². The highest BCUT2D eigenvalue weighted by Crippen LogP contribution is 2.37. The molecule has 0 aromatic carbocycles. The third-order valence-corrected chi connectivity index (χ3v) is 5.07. The predicted octanol–water partition coefficient (Wildman–Crippen LogP) is 2.77. The van der Waals surface area contributed by atoms with Gasteiger partial charge in [0.2, 0.25) is 0 Å². The van der Waals surface area contributed by atoms with Crippen molar-refractivity contribution in [3.63, 3.8) is 0 Å². The van der Waals surface area contributed by atoms with Gasteiger partial charge in [-0.3, -0.25) is 4.98 Å². The van der Waals surface area contributed by atoms with Gasteiger partial charge in [-0.05, 0) is 38.4 Å². The van der Waals surface area contributed by atoms with Crippen LogP contribution in [-0.4, -0.2) is 24.1 Å². The van der Waals surface area contributed by atoms with Gasteiger partial charge in [0.25, 0.3) is 0 Å². The van der Waals surface area contributed by atoms with Gasteiger partial charge in [-0.25, -0.2) is 4.98 Å². The van der Waals surface area contributed by atoms with Crippen LogP contribution in [0.4, 0.5) is 5.13 Å². The molecule has 1 atom stereocenters. The summed E-state index contributed by atoms with van der Waals surface area (Å²) in [6.45, 7) is 0.803. The predicted molar refractivity (Wildman–Crippen MR) is 83.2 cm³/mol. The lowest BCUT2D eigenvalue weighted by molar-refractivity contribution is 0.501. The Balaban J connectivity index is 1.79. The Labute approximate surface area is 123 Å². The standard InChI is InChI=1S/C15H20N4S/c1-16-12-7-5-8-13-14(12)20-15(18-13)19(2)10-11-6-3-4-9-17-11/h3-4,6,9,12,16H,5,7-8,10H2,1-2H3. The molecule has 20 heavy (non-hydrogen) atoms. The Hall–Kier alpha value is -1.46. The molecule has 1 N–H and O–H groups in total. The second-order valence-electron chi connectivity index (χ2n) is 5.22. The highest BCUT2D eigenvalue weighted by molar-refractivity contribution is 7.15. The van der Waals surface area contributed by atoms with E-state index < -0.39 is 0 Å². The summed E-state index contributed by atoms with van der Waals surface area (Å²) in [6, 6.07) is 6.51. The van der Waals surface area contributed by atoms with Gasteiger partial charge in [-0.2, -0.15) is 0 Å². The van der Waals surface area contributed by atoms with E-state index in [0.717, 1.165) is 23.8 Å². The van der Waals surface area contributed by atoms with Crippen LogP contribution in [0.15, 0.2) is 24.4 Å². The van der Waals surface area contributed by atoms with Crippen molar-refractivity contribution in [2.24, 2.45) is 0 Å². The molecule has 1 aliphatic carbocycles. The third-order valence-electron chi connectivity index (χ3n) is 3.74. The topological polar surface area (TPSA) is 41.1 Å². The fourth-order valence-electron chi connectivity index (χ4n) is 2.65. The fraction of sp³-hybridized carbons (Fsp3) is 0.467. The maximum absolute atomic E-state index is 4.82. The zero-order valence-electron chi connectivity index (χ0n) is 12.0. The largest absolute Gasteiger partial charge is 0.345 e. The molecule has 0 amide bonds. The van der Waals surface area contributed by atoms with E-state index in [2.05, 4.69) is 28.3 Å². The highest BCUT2D eigenvalue weighted by atomic mass is 32.1. The molecule has 2 heterocycles. The highest BCUT2D eigenvalue weighted by Gasteiger charge is 2.24. The molecule has 0 fully saturated rings. The molecule has 2 aromatic rings. The molecular weight excluding hydrogens is 268 g/mol. The van der Waals surface area contributed by atoms with Gasteiger partial charge in [0, 0.05) is 24.2 Å². The zero-order chi connectivity index (χ0) is 13.9. The number of aromatic nitrogens is 2. The molecule has 1 unspecified atom stereocenters. The van der Waals surface area contributed by atoms with Crippen LogP contribution < -0.4 is 10.2 Å². The summed E-state index contributed by atoms with van der Waals surface area (Å²) in [4.78, 5) is 12.8. The number of hydrogen-bond acceptors (Lipinski definition) is 5. The first-order valence-corrected chi connectivity index (χ1v) is 7.87. The van der Waals surface area contributed by atoms with E-state index in [1.807, 2.05) is 36.7 Å². The van der Waals surface area contributed by atoms with Gasteiger partial charge in [-0.1, -0.05) is 17.4 Å². The van der Waals surface area contributed by atoms with Crippen LogP contribution in [0.3, 0.4) is 0 Å². The van der Waals surface area contributed by atoms with E-state index in [1.54, 1.807) is 0 Å². The summed E-state index contributed by atoms with van der Waals surface area (Å²) >= 11 is 1.82. The lowest BCUT2D eigenvalue weighted by Gasteiger charge is -2.19. The molecule has 0 radical (unpaired) electrons. The molecule has 1 aliphatic rings. The van der Waals surface area contributed by atoms with Crippen LogP contribution in [0.2, 0.25) is 0 Å². The summed E-state index contributed by atoms with van der Waals surface area (Å²) in [5.41, 5.74) is 2.36. The molecule has 0 saturated carbocycles. The SMILES string of the molecule is CNC1CCCc2nc(N(C)Cc3ccccn3)sc21. The van der Waals surface area contributed by atoms with Gasteiger partial charge in [0.1, 0.15) is 0 Å². The van der Waals surface area contributed by atoms with E-state index in [9.17, 15) is 0 Å². The van der Waals surface area contributed by atoms with Crippen molar-refractivity contribution < 1.29 is 0 Å². The van der Waals surface area contributed by atoms with Crippen LogP contribution in [0.5, 0.6) is 0 Å². The number of nitrogens with zero attached hydrogens (tertiary/aromatic N) is 3. The molecular formula is C15H20N4S. The lowest BCUT2D eigenvalue weighted by Crippen LogP contribution is -2.19. The molecule has 2 aromatic heterocycles. The first kappa shape index (κ1) is 13.5. The summed E-state index contributed by atoms with van der Waals surface area (Å²) in [6.07, 6.45) is 5.40. The van der Waals surface area contributed by atoms with Crippen LogP contribution in [0, 0.1) is 0 Å². The first-order valence-electron chi connectivity index (χ1n) is 7.06. The van der Waals surface area contributed by atoms with Crippen molar-refractivity contribution in [3.05, 3.63) is 40.7 Å². The van der Waals surface area contributed by atoms with Crippen molar-refractivity contribution in [1.29, 1.82) is 0 Å². The molecule has 0 spiro atoms. The Morgan fingerprint density at radius 3 is 3.10 bits per heavy atom. The second kappa shape index (κ2) is 5.89. The van der Waals surface area contributed by atoms with Crippen molar-refractivity contribution in [3.8, 4) is 0 Å². The number of hydrogen-bond donors (Lipinski definition) is 1. The number of aryl methyl sites for hydroxylation is 1. The molecule has 106 valence electrons. The summed E-state index contributed by atoms with van der Waals surface area (Å²) < 4.78 is 0. The fourth-order valence-corrected chi connectivity index (χ4v) is 3.86. The Bertz CT molecular complexity index is 567. The number of thiazole rings is 1. The van der Waals surface area contributed by atoms with Crippen LogP contribution in [0.25, 0.3) is 0 Å². The van der Waals surface area contributed by atoms with Crippen molar-refractivity contribution >= 4 is 16.5 Å². The molecule has 0 saturated heterocycles. The van der Waals surface area contributed by atoms with Gasteiger partial charge >= 0.3 is 0 Å². The van der Waals surface area contributed by atoms with Gasteiger partial charge in [0.05, 0.1) is 17.9 Å². The second-order valence-corrected chi connectivity index (χ2v) is 6.23. The van der Waals surface area contributed by atoms with Gasteiger partial charge in [-0.15, -0.1) is 0 Å². The van der Waals surface area contributed by atoms with Gasteiger partial charge < -0.3 is 10.2 Å². The lowest BCUT2D eigenvalue weighted by atomic mass is 9.98. The quantitative estimate of drug-likeness (QED) is 0.939. The summed E-state index contributed by atoms with van der Waals surface area (Å²) in [5, 5.41) is 4.50. The minimum Gasteiger partial charge on any atom is -0.345 e.